The number of carbonyl (C=O) groups excluding carboxylic acids is 1. The Labute approximate surface area is 220 Å². The summed E-state index contributed by atoms with van der Waals surface area (Å²) in [5.74, 6) is -1.96. The van der Waals surface area contributed by atoms with Crippen molar-refractivity contribution in [2.45, 2.75) is 23.8 Å². The Morgan fingerprint density at radius 1 is 1.14 bits per heavy atom. The molecule has 1 aliphatic rings. The molecule has 5 rings (SSSR count). The number of halogens is 3. The molecule has 0 saturated carbocycles. The van der Waals surface area contributed by atoms with Crippen molar-refractivity contribution in [3.8, 4) is 0 Å². The van der Waals surface area contributed by atoms with Gasteiger partial charge < -0.3 is 4.74 Å². The Bertz CT molecular complexity index is 1560. The number of amides is 1. The van der Waals surface area contributed by atoms with Crippen molar-refractivity contribution >= 4 is 59.9 Å². The summed E-state index contributed by atoms with van der Waals surface area (Å²) in [7, 11) is -3.86. The number of carbonyl (C=O) groups is 1. The third-order valence-electron chi connectivity index (χ3n) is 5.80. The minimum Gasteiger partial charge on any atom is -0.376 e. The summed E-state index contributed by atoms with van der Waals surface area (Å²) in [6.07, 6.45) is 1.39. The van der Waals surface area contributed by atoms with Crippen molar-refractivity contribution in [1.29, 1.82) is 0 Å². The molecule has 0 bridgehead atoms. The van der Waals surface area contributed by atoms with Crippen LogP contribution in [-0.4, -0.2) is 38.6 Å². The molecule has 1 N–H and O–H groups in total. The fraction of sp³-hybridized carbons (Fsp3) is 0.200. The Hall–Kier alpha value is -3.12. The molecule has 1 unspecified atom stereocenters. The standard InChI is InChI=1S/C25H20ClF2N3O4S2/c26-16-5-9-20(10-6-16)37(33,34)30-18-7-3-15(4-8-18)24(32)31(14-19-2-1-11-35-19)25-29-23-21(28)12-17(27)13-22(23)36-25/h3-10,12-13,19,30H,1-2,11,14H2. The van der Waals surface area contributed by atoms with Crippen LogP contribution >= 0.6 is 22.9 Å². The Morgan fingerprint density at radius 3 is 2.54 bits per heavy atom. The van der Waals surface area contributed by atoms with Crippen LogP contribution in [0.3, 0.4) is 0 Å². The molecule has 1 aliphatic heterocycles. The maximum atomic E-state index is 14.3. The summed E-state index contributed by atoms with van der Waals surface area (Å²) >= 11 is 6.84. The monoisotopic (exact) mass is 563 g/mol. The summed E-state index contributed by atoms with van der Waals surface area (Å²) in [4.78, 5) is 19.2. The highest BCUT2D eigenvalue weighted by molar-refractivity contribution is 7.92. The second kappa shape index (κ2) is 10.3. The van der Waals surface area contributed by atoms with Gasteiger partial charge in [0.15, 0.2) is 10.9 Å². The molecular weight excluding hydrogens is 544 g/mol. The van der Waals surface area contributed by atoms with Gasteiger partial charge in [-0.15, -0.1) is 0 Å². The van der Waals surface area contributed by atoms with E-state index in [0.717, 1.165) is 30.2 Å². The number of anilines is 2. The van der Waals surface area contributed by atoms with E-state index in [1.807, 2.05) is 0 Å². The van der Waals surface area contributed by atoms with Crippen LogP contribution in [0.2, 0.25) is 5.02 Å². The number of rotatable bonds is 7. The van der Waals surface area contributed by atoms with Gasteiger partial charge in [0.25, 0.3) is 15.9 Å². The number of fused-ring (bicyclic) bond motifs is 1. The fourth-order valence-electron chi connectivity index (χ4n) is 3.97. The number of ether oxygens (including phenoxy) is 1. The first-order chi connectivity index (χ1) is 17.7. The minimum absolute atomic E-state index is 0.0153. The van der Waals surface area contributed by atoms with E-state index in [4.69, 9.17) is 16.3 Å². The normalized spacial score (nSPS) is 15.7. The third-order valence-corrected chi connectivity index (χ3v) is 8.47. The molecule has 1 amide bonds. The molecule has 1 atom stereocenters. The molecule has 12 heteroatoms. The molecule has 0 spiro atoms. The predicted octanol–water partition coefficient (Wildman–Crippen LogP) is 5.85. The first kappa shape index (κ1) is 25.5. The molecular formula is C25H20ClF2N3O4S2. The number of hydrogen-bond acceptors (Lipinski definition) is 6. The predicted molar refractivity (Wildman–Crippen MR) is 139 cm³/mol. The number of nitrogens with one attached hydrogen (secondary N) is 1. The summed E-state index contributed by atoms with van der Waals surface area (Å²) in [5, 5.41) is 0.628. The number of sulfonamides is 1. The lowest BCUT2D eigenvalue weighted by molar-refractivity contribution is 0.0917. The second-order valence-electron chi connectivity index (χ2n) is 8.42. The van der Waals surface area contributed by atoms with E-state index < -0.39 is 27.6 Å². The van der Waals surface area contributed by atoms with Gasteiger partial charge in [-0.05, 0) is 67.4 Å². The van der Waals surface area contributed by atoms with Gasteiger partial charge in [-0.3, -0.25) is 14.4 Å². The zero-order valence-electron chi connectivity index (χ0n) is 19.2. The summed E-state index contributed by atoms with van der Waals surface area (Å²) in [6.45, 7) is 0.766. The molecule has 3 aromatic carbocycles. The van der Waals surface area contributed by atoms with E-state index in [1.165, 1.54) is 59.5 Å². The number of aromatic nitrogens is 1. The summed E-state index contributed by atoms with van der Waals surface area (Å²) in [5.41, 5.74) is 0.506. The average molecular weight is 564 g/mol. The Morgan fingerprint density at radius 2 is 1.86 bits per heavy atom. The SMILES string of the molecule is O=C(c1ccc(NS(=O)(=O)c2ccc(Cl)cc2)cc1)N(CC1CCCO1)c1nc2c(F)cc(F)cc2s1. The zero-order chi connectivity index (χ0) is 26.2. The van der Waals surface area contributed by atoms with Crippen molar-refractivity contribution in [1.82, 2.24) is 4.98 Å². The van der Waals surface area contributed by atoms with E-state index in [2.05, 4.69) is 9.71 Å². The molecule has 0 aliphatic carbocycles. The van der Waals surface area contributed by atoms with Crippen molar-refractivity contribution < 1.29 is 26.7 Å². The van der Waals surface area contributed by atoms with Crippen LogP contribution in [0.5, 0.6) is 0 Å². The molecule has 1 aromatic heterocycles. The fourth-order valence-corrected chi connectivity index (χ4v) is 6.16. The number of hydrogen-bond donors (Lipinski definition) is 1. The average Bonchev–Trinajstić information content (AvgIpc) is 3.53. The lowest BCUT2D eigenvalue weighted by Crippen LogP contribution is -2.37. The van der Waals surface area contributed by atoms with Crippen LogP contribution in [0.25, 0.3) is 10.2 Å². The molecule has 2 heterocycles. The quantitative estimate of drug-likeness (QED) is 0.304. The maximum Gasteiger partial charge on any atom is 0.261 e. The maximum absolute atomic E-state index is 14.3. The van der Waals surface area contributed by atoms with E-state index in [-0.39, 0.29) is 44.1 Å². The van der Waals surface area contributed by atoms with Gasteiger partial charge in [-0.1, -0.05) is 22.9 Å². The molecule has 1 saturated heterocycles. The highest BCUT2D eigenvalue weighted by atomic mass is 35.5. The van der Waals surface area contributed by atoms with Gasteiger partial charge in [0.2, 0.25) is 0 Å². The smallest absolute Gasteiger partial charge is 0.261 e. The lowest BCUT2D eigenvalue weighted by Gasteiger charge is -2.23. The van der Waals surface area contributed by atoms with Crippen LogP contribution in [0, 0.1) is 11.6 Å². The largest absolute Gasteiger partial charge is 0.376 e. The second-order valence-corrected chi connectivity index (χ2v) is 11.5. The highest BCUT2D eigenvalue weighted by Crippen LogP contribution is 2.33. The van der Waals surface area contributed by atoms with Crippen LogP contribution in [0.1, 0.15) is 23.2 Å². The van der Waals surface area contributed by atoms with Gasteiger partial charge in [-0.25, -0.2) is 22.2 Å². The number of nitrogens with zero attached hydrogens (tertiary/aromatic N) is 2. The van der Waals surface area contributed by atoms with Gasteiger partial charge in [0.1, 0.15) is 11.3 Å². The van der Waals surface area contributed by atoms with E-state index in [0.29, 0.717) is 11.6 Å². The van der Waals surface area contributed by atoms with Crippen LogP contribution < -0.4 is 9.62 Å². The number of thiazole rings is 1. The molecule has 1 fully saturated rings. The molecule has 4 aromatic rings. The summed E-state index contributed by atoms with van der Waals surface area (Å²) < 4.78 is 61.8. The van der Waals surface area contributed by atoms with Crippen molar-refractivity contribution in [3.05, 3.63) is 82.9 Å². The van der Waals surface area contributed by atoms with Gasteiger partial charge in [0, 0.05) is 28.9 Å². The van der Waals surface area contributed by atoms with Gasteiger partial charge in [-0.2, -0.15) is 0 Å². The topological polar surface area (TPSA) is 88.6 Å². The van der Waals surface area contributed by atoms with Crippen LogP contribution in [-0.2, 0) is 14.8 Å². The van der Waals surface area contributed by atoms with Gasteiger partial charge >= 0.3 is 0 Å². The van der Waals surface area contributed by atoms with Crippen molar-refractivity contribution in [2.24, 2.45) is 0 Å². The van der Waals surface area contributed by atoms with E-state index in [1.54, 1.807) is 0 Å². The van der Waals surface area contributed by atoms with Gasteiger partial charge in [0.05, 0.1) is 22.2 Å². The van der Waals surface area contributed by atoms with Crippen molar-refractivity contribution in [2.75, 3.05) is 22.8 Å². The lowest BCUT2D eigenvalue weighted by atomic mass is 10.1. The molecule has 7 nitrogen and oxygen atoms in total. The minimum atomic E-state index is -3.86. The van der Waals surface area contributed by atoms with Crippen molar-refractivity contribution in [3.63, 3.8) is 0 Å². The first-order valence-electron chi connectivity index (χ1n) is 11.3. The Kier molecular flexibility index (Phi) is 7.13. The Balaban J connectivity index is 1.41. The molecule has 0 radical (unpaired) electrons. The van der Waals surface area contributed by atoms with Crippen LogP contribution in [0.4, 0.5) is 19.6 Å². The first-order valence-corrected chi connectivity index (χ1v) is 13.9. The zero-order valence-corrected chi connectivity index (χ0v) is 21.5. The molecule has 37 heavy (non-hydrogen) atoms. The van der Waals surface area contributed by atoms with Crippen LogP contribution in [0.15, 0.2) is 65.6 Å². The highest BCUT2D eigenvalue weighted by Gasteiger charge is 2.28. The molecule has 192 valence electrons. The van der Waals surface area contributed by atoms with E-state index in [9.17, 15) is 22.0 Å². The third kappa shape index (κ3) is 5.59. The summed E-state index contributed by atoms with van der Waals surface area (Å²) in [6, 6.07) is 13.6. The number of benzene rings is 3. The van der Waals surface area contributed by atoms with E-state index >= 15 is 0 Å².